The standard InChI is InChI=1S/C9H22N4O4S2/c1-9-8-12(18(14,15)10(2)3)6-7-13(9)19(16,17)11(4)5/h9H,6-8H2,1-5H3. The highest BCUT2D eigenvalue weighted by molar-refractivity contribution is 7.87. The van der Waals surface area contributed by atoms with E-state index in [0.29, 0.717) is 0 Å². The van der Waals surface area contributed by atoms with Gasteiger partial charge in [0.25, 0.3) is 20.4 Å². The Morgan fingerprint density at radius 2 is 1.37 bits per heavy atom. The summed E-state index contributed by atoms with van der Waals surface area (Å²) in [5.74, 6) is 0. The smallest absolute Gasteiger partial charge is 0.195 e. The van der Waals surface area contributed by atoms with Crippen molar-refractivity contribution in [2.75, 3.05) is 47.8 Å². The molecule has 114 valence electrons. The van der Waals surface area contributed by atoms with Crippen LogP contribution in [-0.2, 0) is 20.4 Å². The third-order valence-corrected chi connectivity index (χ3v) is 7.04. The molecule has 0 bridgehead atoms. The zero-order valence-corrected chi connectivity index (χ0v) is 13.6. The average Bonchev–Trinajstić information content (AvgIpc) is 2.27. The number of piperazine rings is 1. The van der Waals surface area contributed by atoms with E-state index in [0.717, 1.165) is 8.61 Å². The Morgan fingerprint density at radius 3 is 1.74 bits per heavy atom. The van der Waals surface area contributed by atoms with Crippen LogP contribution in [0.1, 0.15) is 6.92 Å². The summed E-state index contributed by atoms with van der Waals surface area (Å²) in [6, 6.07) is -0.393. The maximum atomic E-state index is 12.1. The highest BCUT2D eigenvalue weighted by Crippen LogP contribution is 2.18. The number of nitrogens with zero attached hydrogens (tertiary/aromatic N) is 4. The predicted molar refractivity (Wildman–Crippen MR) is 73.0 cm³/mol. The minimum atomic E-state index is -3.51. The normalized spacial score (nSPS) is 24.3. The Morgan fingerprint density at radius 1 is 0.895 bits per heavy atom. The van der Waals surface area contributed by atoms with Crippen LogP contribution in [0.3, 0.4) is 0 Å². The Bertz CT molecular complexity index is 514. The summed E-state index contributed by atoms with van der Waals surface area (Å²) in [6.45, 7) is 2.19. The molecule has 1 unspecified atom stereocenters. The van der Waals surface area contributed by atoms with Crippen LogP contribution in [0, 0.1) is 0 Å². The lowest BCUT2D eigenvalue weighted by Crippen LogP contribution is -2.58. The van der Waals surface area contributed by atoms with Gasteiger partial charge in [-0.05, 0) is 6.92 Å². The molecular weight excluding hydrogens is 292 g/mol. The molecule has 0 aromatic carbocycles. The molecule has 1 aliphatic heterocycles. The van der Waals surface area contributed by atoms with Crippen LogP contribution in [0.15, 0.2) is 0 Å². The molecule has 19 heavy (non-hydrogen) atoms. The van der Waals surface area contributed by atoms with E-state index >= 15 is 0 Å². The van der Waals surface area contributed by atoms with E-state index in [1.54, 1.807) is 6.92 Å². The van der Waals surface area contributed by atoms with Crippen molar-refractivity contribution in [1.82, 2.24) is 17.2 Å². The van der Waals surface area contributed by atoms with E-state index in [2.05, 4.69) is 0 Å². The Balaban J connectivity index is 2.90. The summed E-state index contributed by atoms with van der Waals surface area (Å²) in [6.07, 6.45) is 0. The first-order valence-corrected chi connectivity index (χ1v) is 8.67. The molecule has 1 aliphatic rings. The van der Waals surface area contributed by atoms with Gasteiger partial charge in [0.05, 0.1) is 0 Å². The Hall–Kier alpha value is -0.260. The van der Waals surface area contributed by atoms with Gasteiger partial charge in [-0.1, -0.05) is 0 Å². The van der Waals surface area contributed by atoms with Crippen molar-refractivity contribution in [2.24, 2.45) is 0 Å². The molecule has 1 fully saturated rings. The van der Waals surface area contributed by atoms with Crippen molar-refractivity contribution >= 4 is 20.4 Å². The molecule has 8 nitrogen and oxygen atoms in total. The zero-order chi connectivity index (χ0) is 15.0. The van der Waals surface area contributed by atoms with Gasteiger partial charge in [0.15, 0.2) is 0 Å². The molecule has 1 heterocycles. The van der Waals surface area contributed by atoms with E-state index in [4.69, 9.17) is 0 Å². The van der Waals surface area contributed by atoms with Crippen molar-refractivity contribution in [3.63, 3.8) is 0 Å². The van der Waals surface area contributed by atoms with Crippen molar-refractivity contribution in [1.29, 1.82) is 0 Å². The van der Waals surface area contributed by atoms with Gasteiger partial charge in [-0.15, -0.1) is 0 Å². The predicted octanol–water partition coefficient (Wildman–Crippen LogP) is -1.39. The van der Waals surface area contributed by atoms with E-state index in [1.165, 1.54) is 36.8 Å². The maximum absolute atomic E-state index is 12.1. The summed E-state index contributed by atoms with van der Waals surface area (Å²) in [4.78, 5) is 0. The molecule has 10 heteroatoms. The average molecular weight is 314 g/mol. The van der Waals surface area contributed by atoms with E-state index < -0.39 is 26.5 Å². The molecular formula is C9H22N4O4S2. The molecule has 0 aromatic heterocycles. The van der Waals surface area contributed by atoms with Crippen molar-refractivity contribution in [3.8, 4) is 0 Å². The van der Waals surface area contributed by atoms with Crippen molar-refractivity contribution in [3.05, 3.63) is 0 Å². The summed E-state index contributed by atoms with van der Waals surface area (Å²) in [7, 11) is -1.15. The van der Waals surface area contributed by atoms with Crippen molar-refractivity contribution < 1.29 is 16.8 Å². The first-order chi connectivity index (χ1) is 8.51. The second-order valence-corrected chi connectivity index (χ2v) is 9.14. The van der Waals surface area contributed by atoms with Gasteiger partial charge in [-0.25, -0.2) is 0 Å². The minimum Gasteiger partial charge on any atom is -0.195 e. The molecule has 0 aliphatic carbocycles. The van der Waals surface area contributed by atoms with Crippen LogP contribution < -0.4 is 0 Å². The lowest BCUT2D eigenvalue weighted by molar-refractivity contribution is 0.198. The fourth-order valence-corrected chi connectivity index (χ4v) is 4.33. The van der Waals surface area contributed by atoms with Gasteiger partial charge < -0.3 is 0 Å². The molecule has 0 N–H and O–H groups in total. The van der Waals surface area contributed by atoms with E-state index in [-0.39, 0.29) is 19.6 Å². The lowest BCUT2D eigenvalue weighted by atomic mass is 10.3. The maximum Gasteiger partial charge on any atom is 0.281 e. The molecule has 0 amide bonds. The highest BCUT2D eigenvalue weighted by atomic mass is 32.2. The highest BCUT2D eigenvalue weighted by Gasteiger charge is 2.38. The van der Waals surface area contributed by atoms with Crippen LogP contribution in [0.4, 0.5) is 0 Å². The second kappa shape index (κ2) is 5.62. The SMILES string of the molecule is CC1CN(S(=O)(=O)N(C)C)CCN1S(=O)(=O)N(C)C. The second-order valence-electron chi connectivity index (χ2n) is 4.90. The number of hydrogen-bond donors (Lipinski definition) is 0. The third kappa shape index (κ3) is 3.26. The number of rotatable bonds is 4. The third-order valence-electron chi connectivity index (χ3n) is 3.07. The van der Waals surface area contributed by atoms with Crippen LogP contribution in [0.2, 0.25) is 0 Å². The van der Waals surface area contributed by atoms with Gasteiger partial charge >= 0.3 is 0 Å². The summed E-state index contributed by atoms with van der Waals surface area (Å²) in [5.41, 5.74) is 0. The largest absolute Gasteiger partial charge is 0.281 e. The molecule has 1 rings (SSSR count). The first kappa shape index (κ1) is 16.8. The van der Waals surface area contributed by atoms with Gasteiger partial charge in [0, 0.05) is 53.9 Å². The van der Waals surface area contributed by atoms with Crippen LogP contribution in [0.5, 0.6) is 0 Å². The minimum absolute atomic E-state index is 0.160. The molecule has 0 saturated carbocycles. The molecule has 1 saturated heterocycles. The van der Waals surface area contributed by atoms with Gasteiger partial charge in [0.1, 0.15) is 0 Å². The zero-order valence-electron chi connectivity index (χ0n) is 11.9. The summed E-state index contributed by atoms with van der Waals surface area (Å²) >= 11 is 0. The summed E-state index contributed by atoms with van der Waals surface area (Å²) < 4.78 is 53.0. The molecule has 0 spiro atoms. The van der Waals surface area contributed by atoms with Gasteiger partial charge in [0.2, 0.25) is 0 Å². The van der Waals surface area contributed by atoms with Gasteiger partial charge in [-0.2, -0.15) is 34.1 Å². The summed E-state index contributed by atoms with van der Waals surface area (Å²) in [5, 5.41) is 0. The lowest BCUT2D eigenvalue weighted by Gasteiger charge is -2.39. The van der Waals surface area contributed by atoms with Crippen LogP contribution in [0.25, 0.3) is 0 Å². The fourth-order valence-electron chi connectivity index (χ4n) is 1.90. The van der Waals surface area contributed by atoms with E-state index in [1.807, 2.05) is 0 Å². The van der Waals surface area contributed by atoms with Crippen LogP contribution >= 0.6 is 0 Å². The quantitative estimate of drug-likeness (QED) is 0.639. The monoisotopic (exact) mass is 314 g/mol. The Labute approximate surface area is 115 Å². The molecule has 0 radical (unpaired) electrons. The number of hydrogen-bond acceptors (Lipinski definition) is 4. The molecule has 1 atom stereocenters. The van der Waals surface area contributed by atoms with Crippen LogP contribution in [-0.4, -0.2) is 87.9 Å². The topological polar surface area (TPSA) is 81.2 Å². The van der Waals surface area contributed by atoms with Crippen molar-refractivity contribution in [2.45, 2.75) is 13.0 Å². The fraction of sp³-hybridized carbons (Fsp3) is 1.00. The van der Waals surface area contributed by atoms with Gasteiger partial charge in [-0.3, -0.25) is 0 Å². The molecule has 0 aromatic rings. The Kier molecular flexibility index (Phi) is 4.97. The van der Waals surface area contributed by atoms with E-state index in [9.17, 15) is 16.8 Å². The first-order valence-electron chi connectivity index (χ1n) is 5.88.